The molecule has 138 valence electrons. The minimum Gasteiger partial charge on any atom is -0.465 e. The Morgan fingerprint density at radius 1 is 1.25 bits per heavy atom. The van der Waals surface area contributed by atoms with Crippen LogP contribution in [0.4, 0.5) is 0 Å². The van der Waals surface area contributed by atoms with Crippen molar-refractivity contribution < 1.29 is 14.3 Å². The summed E-state index contributed by atoms with van der Waals surface area (Å²) in [5, 5.41) is 0. The third-order valence-electron chi connectivity index (χ3n) is 5.31. The molecule has 0 aromatic heterocycles. The molecule has 0 saturated carbocycles. The van der Waals surface area contributed by atoms with E-state index in [0.717, 1.165) is 32.1 Å². The summed E-state index contributed by atoms with van der Waals surface area (Å²) < 4.78 is 5.30. The Balaban J connectivity index is 2.82. The SMILES string of the molecule is CCC1CC(C)CCC/C(C)=C/CCOC(=O)CCC(C)(C)C1=O. The van der Waals surface area contributed by atoms with Gasteiger partial charge in [-0.15, -0.1) is 0 Å². The van der Waals surface area contributed by atoms with E-state index >= 15 is 0 Å². The predicted molar refractivity (Wildman–Crippen MR) is 98.8 cm³/mol. The van der Waals surface area contributed by atoms with Crippen LogP contribution in [0, 0.1) is 17.3 Å². The Morgan fingerprint density at radius 3 is 2.62 bits per heavy atom. The van der Waals surface area contributed by atoms with E-state index in [-0.39, 0.29) is 11.9 Å². The molecule has 0 bridgehead atoms. The minimum absolute atomic E-state index is 0.107. The van der Waals surface area contributed by atoms with Crippen molar-refractivity contribution in [2.45, 2.75) is 86.0 Å². The number of esters is 1. The quantitative estimate of drug-likeness (QED) is 0.470. The highest BCUT2D eigenvalue weighted by Crippen LogP contribution is 2.32. The molecule has 3 heteroatoms. The monoisotopic (exact) mass is 336 g/mol. The molecule has 0 amide bonds. The number of cyclic esters (lactones) is 1. The molecule has 0 fully saturated rings. The number of carbonyl (C=O) groups is 2. The Hall–Kier alpha value is -1.12. The fourth-order valence-corrected chi connectivity index (χ4v) is 3.53. The normalized spacial score (nSPS) is 30.3. The van der Waals surface area contributed by atoms with Crippen LogP contribution in [-0.4, -0.2) is 18.4 Å². The van der Waals surface area contributed by atoms with Gasteiger partial charge in [0.1, 0.15) is 5.78 Å². The zero-order chi connectivity index (χ0) is 18.2. The molecule has 1 rings (SSSR count). The first-order valence-corrected chi connectivity index (χ1v) is 9.61. The highest BCUT2D eigenvalue weighted by molar-refractivity contribution is 5.86. The van der Waals surface area contributed by atoms with Gasteiger partial charge in [0.05, 0.1) is 6.61 Å². The van der Waals surface area contributed by atoms with Crippen LogP contribution in [-0.2, 0) is 14.3 Å². The second-order valence-electron chi connectivity index (χ2n) is 8.15. The number of Topliss-reactive ketones (excluding diaryl/α,β-unsaturated/α-hetero) is 1. The zero-order valence-corrected chi connectivity index (χ0v) is 16.3. The fourth-order valence-electron chi connectivity index (χ4n) is 3.53. The lowest BCUT2D eigenvalue weighted by atomic mass is 9.74. The van der Waals surface area contributed by atoms with E-state index in [1.807, 2.05) is 13.8 Å². The van der Waals surface area contributed by atoms with Crippen LogP contribution < -0.4 is 0 Å². The Labute approximate surface area is 148 Å². The van der Waals surface area contributed by atoms with E-state index in [4.69, 9.17) is 4.74 Å². The van der Waals surface area contributed by atoms with Crippen LogP contribution in [0.15, 0.2) is 11.6 Å². The molecule has 0 saturated heterocycles. The standard InChI is InChI=1S/C21H36O3/c1-6-18-15-17(3)10-7-9-16(2)11-8-14-24-19(22)12-13-21(4,5)20(18)23/h11,17-18H,6-10,12-15H2,1-5H3/b16-11+. The van der Waals surface area contributed by atoms with Crippen LogP contribution >= 0.6 is 0 Å². The van der Waals surface area contributed by atoms with Crippen LogP contribution in [0.1, 0.15) is 86.0 Å². The van der Waals surface area contributed by atoms with Gasteiger partial charge in [-0.05, 0) is 51.4 Å². The van der Waals surface area contributed by atoms with Crippen molar-refractivity contribution in [3.63, 3.8) is 0 Å². The first kappa shape index (κ1) is 20.9. The smallest absolute Gasteiger partial charge is 0.305 e. The number of ketones is 1. The molecule has 0 N–H and O–H groups in total. The molecule has 0 aliphatic carbocycles. The lowest BCUT2D eigenvalue weighted by molar-refractivity contribution is -0.144. The van der Waals surface area contributed by atoms with E-state index in [2.05, 4.69) is 26.8 Å². The first-order chi connectivity index (χ1) is 11.3. The van der Waals surface area contributed by atoms with Gasteiger partial charge in [-0.25, -0.2) is 0 Å². The molecule has 2 unspecified atom stereocenters. The van der Waals surface area contributed by atoms with Gasteiger partial charge in [-0.3, -0.25) is 9.59 Å². The second kappa shape index (κ2) is 10.0. The lowest BCUT2D eigenvalue weighted by Crippen LogP contribution is -2.32. The predicted octanol–water partition coefficient (Wildman–Crippen LogP) is 5.48. The average Bonchev–Trinajstić information content (AvgIpc) is 2.53. The van der Waals surface area contributed by atoms with Crippen molar-refractivity contribution in [1.82, 2.24) is 0 Å². The highest BCUT2D eigenvalue weighted by atomic mass is 16.5. The summed E-state index contributed by atoms with van der Waals surface area (Å²) in [5.74, 6) is 0.805. The van der Waals surface area contributed by atoms with Crippen molar-refractivity contribution in [1.29, 1.82) is 0 Å². The van der Waals surface area contributed by atoms with E-state index in [1.165, 1.54) is 12.0 Å². The van der Waals surface area contributed by atoms with Crippen molar-refractivity contribution >= 4 is 11.8 Å². The third kappa shape index (κ3) is 7.19. The van der Waals surface area contributed by atoms with Gasteiger partial charge in [0, 0.05) is 17.8 Å². The molecule has 1 aliphatic rings. The Morgan fingerprint density at radius 2 is 1.96 bits per heavy atom. The molecule has 0 aromatic rings. The first-order valence-electron chi connectivity index (χ1n) is 9.61. The fraction of sp³-hybridized carbons (Fsp3) is 0.810. The topological polar surface area (TPSA) is 43.4 Å². The largest absolute Gasteiger partial charge is 0.465 e. The van der Waals surface area contributed by atoms with Gasteiger partial charge in [-0.2, -0.15) is 0 Å². The summed E-state index contributed by atoms with van der Waals surface area (Å²) in [5.41, 5.74) is 0.919. The van der Waals surface area contributed by atoms with Crippen molar-refractivity contribution in [2.24, 2.45) is 17.3 Å². The maximum Gasteiger partial charge on any atom is 0.305 e. The number of ether oxygens (including phenoxy) is 1. The summed E-state index contributed by atoms with van der Waals surface area (Å²) in [6.07, 6.45) is 9.15. The van der Waals surface area contributed by atoms with E-state index in [0.29, 0.717) is 31.1 Å². The molecule has 1 aliphatic heterocycles. The van der Waals surface area contributed by atoms with Gasteiger partial charge >= 0.3 is 5.97 Å². The van der Waals surface area contributed by atoms with Gasteiger partial charge in [0.2, 0.25) is 0 Å². The van der Waals surface area contributed by atoms with Gasteiger partial charge < -0.3 is 4.74 Å². The molecule has 0 aromatic carbocycles. The summed E-state index contributed by atoms with van der Waals surface area (Å²) in [4.78, 5) is 24.8. The van der Waals surface area contributed by atoms with E-state index in [9.17, 15) is 9.59 Å². The average molecular weight is 337 g/mol. The van der Waals surface area contributed by atoms with E-state index < -0.39 is 5.41 Å². The van der Waals surface area contributed by atoms with Crippen molar-refractivity contribution in [2.75, 3.05) is 6.61 Å². The maximum absolute atomic E-state index is 12.9. The van der Waals surface area contributed by atoms with Gasteiger partial charge in [0.25, 0.3) is 0 Å². The number of carbonyl (C=O) groups excluding carboxylic acids is 2. The molecule has 0 radical (unpaired) electrons. The summed E-state index contributed by atoms with van der Waals surface area (Å²) in [6, 6.07) is 0. The van der Waals surface area contributed by atoms with Gasteiger partial charge in [0.15, 0.2) is 0 Å². The molecule has 0 spiro atoms. The van der Waals surface area contributed by atoms with Crippen LogP contribution in [0.2, 0.25) is 0 Å². The molecule has 24 heavy (non-hydrogen) atoms. The number of rotatable bonds is 1. The highest BCUT2D eigenvalue weighted by Gasteiger charge is 2.33. The Bertz CT molecular complexity index is 448. The summed E-state index contributed by atoms with van der Waals surface area (Å²) in [6.45, 7) is 10.9. The third-order valence-corrected chi connectivity index (χ3v) is 5.31. The maximum atomic E-state index is 12.9. The van der Waals surface area contributed by atoms with E-state index in [1.54, 1.807) is 0 Å². The molecule has 1 heterocycles. The summed E-state index contributed by atoms with van der Waals surface area (Å²) in [7, 11) is 0. The Kier molecular flexibility index (Phi) is 8.72. The van der Waals surface area contributed by atoms with Crippen LogP contribution in [0.3, 0.4) is 0 Å². The van der Waals surface area contributed by atoms with Crippen LogP contribution in [0.25, 0.3) is 0 Å². The number of hydrogen-bond acceptors (Lipinski definition) is 3. The lowest BCUT2D eigenvalue weighted by Gasteiger charge is -2.29. The molecule has 3 nitrogen and oxygen atoms in total. The zero-order valence-electron chi connectivity index (χ0n) is 16.3. The van der Waals surface area contributed by atoms with Gasteiger partial charge in [-0.1, -0.05) is 45.8 Å². The second-order valence-corrected chi connectivity index (χ2v) is 8.15. The molecular formula is C21H36O3. The summed E-state index contributed by atoms with van der Waals surface area (Å²) >= 11 is 0. The van der Waals surface area contributed by atoms with Crippen molar-refractivity contribution in [3.8, 4) is 0 Å². The van der Waals surface area contributed by atoms with Crippen molar-refractivity contribution in [3.05, 3.63) is 11.6 Å². The van der Waals surface area contributed by atoms with Crippen LogP contribution in [0.5, 0.6) is 0 Å². The molecular weight excluding hydrogens is 300 g/mol. The minimum atomic E-state index is -0.451. The number of hydrogen-bond donors (Lipinski definition) is 0. The number of allylic oxidation sites excluding steroid dienone is 1. The molecule has 2 atom stereocenters.